The van der Waals surface area contributed by atoms with E-state index in [1.54, 1.807) is 14.0 Å². The molecule has 4 unspecified atom stereocenters. The van der Waals surface area contributed by atoms with Crippen LogP contribution in [0.2, 0.25) is 0 Å². The van der Waals surface area contributed by atoms with Gasteiger partial charge in [-0.1, -0.05) is 0 Å². The van der Waals surface area contributed by atoms with Crippen LogP contribution in [0, 0.1) is 5.92 Å². The number of alkyl carbamates (subject to hydrolysis) is 1. The third kappa shape index (κ3) is 1.82. The molecule has 4 aliphatic rings. The zero-order valence-electron chi connectivity index (χ0n) is 14.2. The number of amides is 1. The maximum Gasteiger partial charge on any atom is 0.406 e. The van der Waals surface area contributed by atoms with Crippen LogP contribution < -0.4 is 16.4 Å². The second-order valence-corrected chi connectivity index (χ2v) is 6.68. The van der Waals surface area contributed by atoms with Gasteiger partial charge in [0.1, 0.15) is 6.61 Å². The summed E-state index contributed by atoms with van der Waals surface area (Å²) in [5.41, 5.74) is 5.75. The first-order chi connectivity index (χ1) is 11.9. The summed E-state index contributed by atoms with van der Waals surface area (Å²) in [5.74, 6) is -1.25. The summed E-state index contributed by atoms with van der Waals surface area (Å²) in [6.07, 6.45) is -0.612. The standard InChI is InChI=1S/C16H20N4O5/c1-6-10(17)13(22)9-7(5-25-15(23)18-2)16(24-3)14-8(19-14)4-20(16)11(9)12(6)21/h7-8,14,19H,4-5,17H2,1-3H3,(H,18,23). The van der Waals surface area contributed by atoms with E-state index in [0.29, 0.717) is 12.2 Å². The van der Waals surface area contributed by atoms with Crippen molar-refractivity contribution in [2.45, 2.75) is 24.7 Å². The number of ketones is 2. The number of carbonyl (C=O) groups excluding carboxylic acids is 3. The van der Waals surface area contributed by atoms with Gasteiger partial charge in [-0.15, -0.1) is 0 Å². The Balaban J connectivity index is 1.81. The molecular weight excluding hydrogens is 328 g/mol. The zero-order valence-corrected chi connectivity index (χ0v) is 14.2. The van der Waals surface area contributed by atoms with E-state index >= 15 is 0 Å². The lowest BCUT2D eigenvalue weighted by molar-refractivity contribution is -0.137. The van der Waals surface area contributed by atoms with Crippen molar-refractivity contribution in [3.63, 3.8) is 0 Å². The molecule has 9 heteroatoms. The number of hydrogen-bond donors (Lipinski definition) is 3. The van der Waals surface area contributed by atoms with Crippen LogP contribution >= 0.6 is 0 Å². The van der Waals surface area contributed by atoms with Gasteiger partial charge in [0.25, 0.3) is 0 Å². The van der Waals surface area contributed by atoms with Crippen molar-refractivity contribution < 1.29 is 23.9 Å². The van der Waals surface area contributed by atoms with Crippen molar-refractivity contribution in [1.82, 2.24) is 15.5 Å². The lowest BCUT2D eigenvalue weighted by atomic mass is 9.82. The minimum atomic E-state index is -0.931. The second-order valence-electron chi connectivity index (χ2n) is 6.68. The molecule has 0 radical (unpaired) electrons. The average molecular weight is 348 g/mol. The number of rotatable bonds is 3. The zero-order chi connectivity index (χ0) is 18.1. The second kappa shape index (κ2) is 5.06. The number of nitrogens with one attached hydrogen (secondary N) is 2. The molecule has 2 fully saturated rings. The number of methoxy groups -OCH3 is 1. The highest BCUT2D eigenvalue weighted by atomic mass is 16.6. The molecule has 2 saturated heterocycles. The van der Waals surface area contributed by atoms with E-state index in [-0.39, 0.29) is 47.1 Å². The molecule has 134 valence electrons. The highest BCUT2D eigenvalue weighted by Gasteiger charge is 2.72. The summed E-state index contributed by atoms with van der Waals surface area (Å²) in [5, 5.41) is 5.68. The van der Waals surface area contributed by atoms with Crippen LogP contribution in [0.15, 0.2) is 22.5 Å². The van der Waals surface area contributed by atoms with Crippen LogP contribution in [0.4, 0.5) is 4.79 Å². The van der Waals surface area contributed by atoms with E-state index in [9.17, 15) is 14.4 Å². The van der Waals surface area contributed by atoms with E-state index in [4.69, 9.17) is 15.2 Å². The average Bonchev–Trinajstić information content (AvgIpc) is 3.22. The Morgan fingerprint density at radius 2 is 2.16 bits per heavy atom. The molecule has 9 nitrogen and oxygen atoms in total. The Labute approximate surface area is 144 Å². The molecule has 0 aromatic carbocycles. The summed E-state index contributed by atoms with van der Waals surface area (Å²) in [6.45, 7) is 2.02. The fourth-order valence-corrected chi connectivity index (χ4v) is 4.38. The third-order valence-corrected chi connectivity index (χ3v) is 5.67. The van der Waals surface area contributed by atoms with Gasteiger partial charge in [-0.05, 0) is 6.92 Å². The number of ether oxygens (including phenoxy) is 2. The van der Waals surface area contributed by atoms with Crippen LogP contribution in [-0.2, 0) is 19.1 Å². The van der Waals surface area contributed by atoms with Crippen molar-refractivity contribution in [1.29, 1.82) is 0 Å². The number of piperazine rings is 1. The topological polar surface area (TPSA) is 133 Å². The highest BCUT2D eigenvalue weighted by Crippen LogP contribution is 2.55. The molecule has 0 aromatic rings. The monoisotopic (exact) mass is 348 g/mol. The molecule has 1 aliphatic carbocycles. The summed E-state index contributed by atoms with van der Waals surface area (Å²) in [6, 6.07) is 0.145. The summed E-state index contributed by atoms with van der Waals surface area (Å²) in [7, 11) is 2.99. The van der Waals surface area contributed by atoms with E-state index in [2.05, 4.69) is 10.6 Å². The fraction of sp³-hybridized carbons (Fsp3) is 0.562. The molecule has 0 saturated carbocycles. The number of nitrogens with two attached hydrogens (primary N) is 1. The largest absolute Gasteiger partial charge is 0.449 e. The Kier molecular flexibility index (Phi) is 3.26. The maximum absolute atomic E-state index is 12.8. The maximum atomic E-state index is 12.8. The van der Waals surface area contributed by atoms with Gasteiger partial charge < -0.3 is 30.7 Å². The van der Waals surface area contributed by atoms with Gasteiger partial charge in [0.2, 0.25) is 11.6 Å². The summed E-state index contributed by atoms with van der Waals surface area (Å²) in [4.78, 5) is 39.1. The molecule has 3 heterocycles. The molecule has 4 atom stereocenters. The third-order valence-electron chi connectivity index (χ3n) is 5.67. The van der Waals surface area contributed by atoms with Crippen LogP contribution in [0.5, 0.6) is 0 Å². The lowest BCUT2D eigenvalue weighted by Gasteiger charge is -2.39. The number of nitrogens with zero attached hydrogens (tertiary/aromatic N) is 1. The predicted octanol–water partition coefficient (Wildman–Crippen LogP) is -1.39. The molecule has 0 aromatic heterocycles. The Bertz CT molecular complexity index is 772. The van der Waals surface area contributed by atoms with Crippen molar-refractivity contribution in [2.75, 3.05) is 27.3 Å². The normalized spacial score (nSPS) is 35.6. The Hall–Kier alpha value is -2.39. The minimum absolute atomic E-state index is 0.0384. The summed E-state index contributed by atoms with van der Waals surface area (Å²) >= 11 is 0. The highest BCUT2D eigenvalue weighted by molar-refractivity contribution is 6.25. The molecule has 1 amide bonds. The van der Waals surface area contributed by atoms with E-state index < -0.39 is 17.7 Å². The Morgan fingerprint density at radius 1 is 1.44 bits per heavy atom. The smallest absolute Gasteiger partial charge is 0.406 e. The molecule has 25 heavy (non-hydrogen) atoms. The Morgan fingerprint density at radius 3 is 2.80 bits per heavy atom. The number of carbonyl (C=O) groups is 3. The molecule has 4 N–H and O–H groups in total. The van der Waals surface area contributed by atoms with Gasteiger partial charge in [0.05, 0.1) is 23.4 Å². The number of hydrogen-bond acceptors (Lipinski definition) is 8. The van der Waals surface area contributed by atoms with Crippen LogP contribution in [0.1, 0.15) is 6.92 Å². The van der Waals surface area contributed by atoms with Crippen LogP contribution in [-0.4, -0.2) is 67.7 Å². The molecule has 3 aliphatic heterocycles. The quantitative estimate of drug-likeness (QED) is 0.419. The number of allylic oxidation sites excluding steroid dienone is 2. The molecular formula is C16H20N4O5. The van der Waals surface area contributed by atoms with E-state index in [1.807, 2.05) is 4.90 Å². The van der Waals surface area contributed by atoms with Crippen LogP contribution in [0.25, 0.3) is 0 Å². The van der Waals surface area contributed by atoms with Crippen molar-refractivity contribution in [3.8, 4) is 0 Å². The van der Waals surface area contributed by atoms with E-state index in [0.717, 1.165) is 0 Å². The fourth-order valence-electron chi connectivity index (χ4n) is 4.38. The minimum Gasteiger partial charge on any atom is -0.449 e. The first-order valence-corrected chi connectivity index (χ1v) is 8.11. The first-order valence-electron chi connectivity index (χ1n) is 8.11. The SMILES string of the molecule is CNC(=O)OCC1C2=C(C(=O)C(C)=C(N)C2=O)N2CC3NC3C12OC. The van der Waals surface area contributed by atoms with Gasteiger partial charge >= 0.3 is 6.09 Å². The van der Waals surface area contributed by atoms with Crippen molar-refractivity contribution >= 4 is 17.7 Å². The van der Waals surface area contributed by atoms with Gasteiger partial charge in [-0.25, -0.2) is 4.79 Å². The van der Waals surface area contributed by atoms with Crippen LogP contribution in [0.3, 0.4) is 0 Å². The van der Waals surface area contributed by atoms with Crippen molar-refractivity contribution in [2.24, 2.45) is 11.7 Å². The van der Waals surface area contributed by atoms with Gasteiger partial charge in [0.15, 0.2) is 5.72 Å². The van der Waals surface area contributed by atoms with Gasteiger partial charge in [0, 0.05) is 37.9 Å². The molecule has 0 bridgehead atoms. The van der Waals surface area contributed by atoms with Gasteiger partial charge in [-0.3, -0.25) is 9.59 Å². The van der Waals surface area contributed by atoms with Gasteiger partial charge in [-0.2, -0.15) is 0 Å². The van der Waals surface area contributed by atoms with E-state index in [1.165, 1.54) is 7.05 Å². The number of fused-ring (bicyclic) bond motifs is 4. The lowest BCUT2D eigenvalue weighted by Crippen LogP contribution is -2.55. The number of Topliss-reactive ketones (excluding diaryl/α,β-unsaturated/α-hetero) is 2. The molecule has 4 rings (SSSR count). The predicted molar refractivity (Wildman–Crippen MR) is 85.0 cm³/mol. The summed E-state index contributed by atoms with van der Waals surface area (Å²) < 4.78 is 11.1. The molecule has 0 spiro atoms. The van der Waals surface area contributed by atoms with Crippen molar-refractivity contribution in [3.05, 3.63) is 22.5 Å². The first kappa shape index (κ1) is 16.1.